The standard InChI is InChI=1S/C19H21NO3/c1-14(21)17-9-5-8-16(12-17)13-18(20-19(22)23)11-10-15-6-3-2-4-7-15/h2-9,12,18,20H,10-11,13H2,1H3,(H,22,23). The Hall–Kier alpha value is -2.62. The van der Waals surface area contributed by atoms with Gasteiger partial charge in [-0.1, -0.05) is 48.5 Å². The number of hydrogen-bond donors (Lipinski definition) is 2. The summed E-state index contributed by atoms with van der Waals surface area (Å²) in [5.41, 5.74) is 2.80. The first-order valence-electron chi connectivity index (χ1n) is 7.68. The van der Waals surface area contributed by atoms with Gasteiger partial charge < -0.3 is 10.4 Å². The average molecular weight is 311 g/mol. The molecule has 4 heteroatoms. The van der Waals surface area contributed by atoms with Crippen molar-refractivity contribution in [2.75, 3.05) is 0 Å². The Labute approximate surface area is 136 Å². The zero-order chi connectivity index (χ0) is 16.7. The first-order chi connectivity index (χ1) is 11.0. The van der Waals surface area contributed by atoms with E-state index in [4.69, 9.17) is 5.11 Å². The molecule has 0 saturated heterocycles. The second-order valence-corrected chi connectivity index (χ2v) is 5.63. The Morgan fingerprint density at radius 3 is 2.39 bits per heavy atom. The third-order valence-electron chi connectivity index (χ3n) is 3.77. The SMILES string of the molecule is CC(=O)c1cccc(CC(CCc2ccccc2)NC(=O)O)c1. The van der Waals surface area contributed by atoms with E-state index < -0.39 is 6.09 Å². The van der Waals surface area contributed by atoms with Crippen LogP contribution in [0.3, 0.4) is 0 Å². The number of benzene rings is 2. The normalized spacial score (nSPS) is 11.7. The van der Waals surface area contributed by atoms with Gasteiger partial charge >= 0.3 is 6.09 Å². The van der Waals surface area contributed by atoms with Crippen LogP contribution in [0.1, 0.15) is 34.8 Å². The van der Waals surface area contributed by atoms with Crippen molar-refractivity contribution in [3.05, 3.63) is 71.3 Å². The van der Waals surface area contributed by atoms with Crippen molar-refractivity contribution < 1.29 is 14.7 Å². The number of carbonyl (C=O) groups excluding carboxylic acids is 1. The molecule has 0 aliphatic rings. The smallest absolute Gasteiger partial charge is 0.404 e. The molecule has 120 valence electrons. The number of Topliss-reactive ketones (excluding diaryl/α,β-unsaturated/α-hetero) is 1. The fraction of sp³-hybridized carbons (Fsp3) is 0.263. The monoisotopic (exact) mass is 311 g/mol. The molecule has 0 fully saturated rings. The Balaban J connectivity index is 2.04. The molecular weight excluding hydrogens is 290 g/mol. The van der Waals surface area contributed by atoms with E-state index in [0.717, 1.165) is 12.0 Å². The highest BCUT2D eigenvalue weighted by molar-refractivity contribution is 5.94. The Bertz CT molecular complexity index is 667. The van der Waals surface area contributed by atoms with E-state index in [9.17, 15) is 9.59 Å². The van der Waals surface area contributed by atoms with E-state index in [2.05, 4.69) is 5.32 Å². The number of amides is 1. The van der Waals surface area contributed by atoms with E-state index in [-0.39, 0.29) is 11.8 Å². The van der Waals surface area contributed by atoms with Gasteiger partial charge in [0.25, 0.3) is 0 Å². The van der Waals surface area contributed by atoms with Crippen LogP contribution in [0.5, 0.6) is 0 Å². The third kappa shape index (κ3) is 5.58. The number of ketones is 1. The Kier molecular flexibility index (Phi) is 5.92. The number of rotatable bonds is 7. The minimum atomic E-state index is -1.02. The van der Waals surface area contributed by atoms with Crippen molar-refractivity contribution in [2.24, 2.45) is 0 Å². The lowest BCUT2D eigenvalue weighted by Crippen LogP contribution is -2.35. The van der Waals surface area contributed by atoms with Gasteiger partial charge in [-0.3, -0.25) is 4.79 Å². The second kappa shape index (κ2) is 8.13. The van der Waals surface area contributed by atoms with Crippen molar-refractivity contribution in [3.8, 4) is 0 Å². The van der Waals surface area contributed by atoms with Crippen LogP contribution in [0.2, 0.25) is 0 Å². The van der Waals surface area contributed by atoms with E-state index in [1.54, 1.807) is 6.07 Å². The predicted octanol–water partition coefficient (Wildman–Crippen LogP) is 3.70. The topological polar surface area (TPSA) is 66.4 Å². The van der Waals surface area contributed by atoms with Crippen molar-refractivity contribution in [3.63, 3.8) is 0 Å². The highest BCUT2D eigenvalue weighted by atomic mass is 16.4. The Morgan fingerprint density at radius 1 is 1.04 bits per heavy atom. The van der Waals surface area contributed by atoms with Gasteiger partial charge in [-0.05, 0) is 43.4 Å². The van der Waals surface area contributed by atoms with Crippen LogP contribution >= 0.6 is 0 Å². The average Bonchev–Trinajstić information content (AvgIpc) is 2.53. The van der Waals surface area contributed by atoms with Gasteiger partial charge in [-0.15, -0.1) is 0 Å². The maximum absolute atomic E-state index is 11.5. The van der Waals surface area contributed by atoms with Crippen LogP contribution in [0.4, 0.5) is 4.79 Å². The maximum Gasteiger partial charge on any atom is 0.404 e. The van der Waals surface area contributed by atoms with Crippen LogP contribution in [-0.4, -0.2) is 23.0 Å². The molecular formula is C19H21NO3. The second-order valence-electron chi connectivity index (χ2n) is 5.63. The van der Waals surface area contributed by atoms with Gasteiger partial charge in [0.1, 0.15) is 0 Å². The van der Waals surface area contributed by atoms with Crippen LogP contribution in [-0.2, 0) is 12.8 Å². The maximum atomic E-state index is 11.5. The van der Waals surface area contributed by atoms with Crippen LogP contribution in [0.15, 0.2) is 54.6 Å². The number of carbonyl (C=O) groups is 2. The summed E-state index contributed by atoms with van der Waals surface area (Å²) in [6, 6.07) is 17.2. The van der Waals surface area contributed by atoms with Gasteiger partial charge in [-0.25, -0.2) is 4.79 Å². The molecule has 0 bridgehead atoms. The van der Waals surface area contributed by atoms with E-state index in [1.165, 1.54) is 12.5 Å². The van der Waals surface area contributed by atoms with Gasteiger partial charge in [0.15, 0.2) is 5.78 Å². The molecule has 2 N–H and O–H groups in total. The molecule has 0 aliphatic carbocycles. The molecule has 0 radical (unpaired) electrons. The van der Waals surface area contributed by atoms with Gasteiger partial charge in [0.05, 0.1) is 0 Å². The number of carboxylic acid groups (broad SMARTS) is 1. The van der Waals surface area contributed by atoms with Crippen LogP contribution in [0.25, 0.3) is 0 Å². The minimum Gasteiger partial charge on any atom is -0.465 e. The lowest BCUT2D eigenvalue weighted by Gasteiger charge is -2.17. The van der Waals surface area contributed by atoms with Crippen LogP contribution < -0.4 is 5.32 Å². The first kappa shape index (κ1) is 16.7. The fourth-order valence-corrected chi connectivity index (χ4v) is 2.59. The molecule has 0 aromatic heterocycles. The predicted molar refractivity (Wildman–Crippen MR) is 89.9 cm³/mol. The highest BCUT2D eigenvalue weighted by Gasteiger charge is 2.13. The molecule has 1 atom stereocenters. The van der Waals surface area contributed by atoms with E-state index in [1.807, 2.05) is 48.5 Å². The third-order valence-corrected chi connectivity index (χ3v) is 3.77. The number of hydrogen-bond acceptors (Lipinski definition) is 2. The summed E-state index contributed by atoms with van der Waals surface area (Å²) in [7, 11) is 0. The van der Waals surface area contributed by atoms with E-state index in [0.29, 0.717) is 18.4 Å². The summed E-state index contributed by atoms with van der Waals surface area (Å²) in [5.74, 6) is 0.0129. The molecule has 1 unspecified atom stereocenters. The highest BCUT2D eigenvalue weighted by Crippen LogP contribution is 2.12. The molecule has 0 saturated carbocycles. The zero-order valence-electron chi connectivity index (χ0n) is 13.2. The number of aryl methyl sites for hydroxylation is 1. The molecule has 23 heavy (non-hydrogen) atoms. The Morgan fingerprint density at radius 2 is 1.74 bits per heavy atom. The van der Waals surface area contributed by atoms with Gasteiger partial charge in [-0.2, -0.15) is 0 Å². The van der Waals surface area contributed by atoms with Crippen molar-refractivity contribution in [2.45, 2.75) is 32.2 Å². The summed E-state index contributed by atoms with van der Waals surface area (Å²) in [4.78, 5) is 22.5. The molecule has 2 aromatic carbocycles. The van der Waals surface area contributed by atoms with Gasteiger partial charge in [0, 0.05) is 11.6 Å². The molecule has 1 amide bonds. The van der Waals surface area contributed by atoms with Crippen molar-refractivity contribution in [1.82, 2.24) is 5.32 Å². The first-order valence-corrected chi connectivity index (χ1v) is 7.68. The minimum absolute atomic E-state index is 0.0129. The quantitative estimate of drug-likeness (QED) is 0.766. The molecule has 2 aromatic rings. The lowest BCUT2D eigenvalue weighted by molar-refractivity contribution is 0.101. The zero-order valence-corrected chi connectivity index (χ0v) is 13.2. The fourth-order valence-electron chi connectivity index (χ4n) is 2.59. The van der Waals surface area contributed by atoms with Gasteiger partial charge in [0.2, 0.25) is 0 Å². The molecule has 2 rings (SSSR count). The van der Waals surface area contributed by atoms with E-state index >= 15 is 0 Å². The summed E-state index contributed by atoms with van der Waals surface area (Å²) in [6.45, 7) is 1.53. The van der Waals surface area contributed by atoms with Crippen molar-refractivity contribution >= 4 is 11.9 Å². The molecule has 0 spiro atoms. The molecule has 4 nitrogen and oxygen atoms in total. The molecule has 0 aliphatic heterocycles. The largest absolute Gasteiger partial charge is 0.465 e. The van der Waals surface area contributed by atoms with Crippen molar-refractivity contribution in [1.29, 1.82) is 0 Å². The van der Waals surface area contributed by atoms with Crippen LogP contribution in [0, 0.1) is 0 Å². The lowest BCUT2D eigenvalue weighted by atomic mass is 9.97. The summed E-state index contributed by atoms with van der Waals surface area (Å²) >= 11 is 0. The summed E-state index contributed by atoms with van der Waals surface area (Å²) < 4.78 is 0. The molecule has 0 heterocycles. The summed E-state index contributed by atoms with van der Waals surface area (Å²) in [5, 5.41) is 11.6. The summed E-state index contributed by atoms with van der Waals surface area (Å²) in [6.07, 6.45) is 1.06. The number of nitrogens with one attached hydrogen (secondary N) is 1.